The lowest BCUT2D eigenvalue weighted by Gasteiger charge is -1.96. The number of primary amides is 1. The van der Waals surface area contributed by atoms with E-state index in [2.05, 4.69) is 11.2 Å². The number of carbonyl (C=O) groups excluding carboxylic acids is 1. The van der Waals surface area contributed by atoms with Gasteiger partial charge in [-0.15, -0.1) is 0 Å². The molecule has 1 amide bonds. The molecule has 4 heteroatoms. The SMILES string of the molecule is Cn1ncc2[c]cc(C(N)=O)cc21. The number of benzene rings is 1. The van der Waals surface area contributed by atoms with Crippen LogP contribution in [0.3, 0.4) is 0 Å². The number of hydrogen-bond acceptors (Lipinski definition) is 2. The van der Waals surface area contributed by atoms with Crippen molar-refractivity contribution in [2.45, 2.75) is 0 Å². The standard InChI is InChI=1S/C9H8N3O/c1-12-8-4-6(9(10)13)2-3-7(8)5-11-12/h2,4-5H,1H3,(H2,10,13). The number of fused-ring (bicyclic) bond motifs is 1. The maximum absolute atomic E-state index is 10.9. The summed E-state index contributed by atoms with van der Waals surface area (Å²) in [6, 6.07) is 6.22. The Morgan fingerprint density at radius 3 is 3.15 bits per heavy atom. The van der Waals surface area contributed by atoms with Gasteiger partial charge in [-0.2, -0.15) is 5.10 Å². The van der Waals surface area contributed by atoms with Crippen molar-refractivity contribution in [3.05, 3.63) is 30.0 Å². The van der Waals surface area contributed by atoms with Gasteiger partial charge in [-0.25, -0.2) is 0 Å². The summed E-state index contributed by atoms with van der Waals surface area (Å²) >= 11 is 0. The number of aryl methyl sites for hydroxylation is 1. The molecule has 0 bridgehead atoms. The van der Waals surface area contributed by atoms with Gasteiger partial charge in [0, 0.05) is 18.0 Å². The Hall–Kier alpha value is -1.84. The third-order valence-corrected chi connectivity index (χ3v) is 1.94. The van der Waals surface area contributed by atoms with Gasteiger partial charge in [-0.05, 0) is 18.2 Å². The van der Waals surface area contributed by atoms with Crippen molar-refractivity contribution >= 4 is 16.8 Å². The predicted octanol–water partition coefficient (Wildman–Crippen LogP) is 0.472. The van der Waals surface area contributed by atoms with Crippen LogP contribution >= 0.6 is 0 Å². The van der Waals surface area contributed by atoms with Crippen molar-refractivity contribution in [3.8, 4) is 0 Å². The van der Waals surface area contributed by atoms with Crippen LogP contribution in [0.4, 0.5) is 0 Å². The van der Waals surface area contributed by atoms with E-state index < -0.39 is 5.91 Å². The van der Waals surface area contributed by atoms with Crippen LogP contribution < -0.4 is 5.73 Å². The van der Waals surface area contributed by atoms with Gasteiger partial charge in [-0.3, -0.25) is 9.48 Å². The minimum Gasteiger partial charge on any atom is -0.366 e. The summed E-state index contributed by atoms with van der Waals surface area (Å²) < 4.78 is 1.68. The minimum absolute atomic E-state index is 0.445. The highest BCUT2D eigenvalue weighted by atomic mass is 16.1. The lowest BCUT2D eigenvalue weighted by atomic mass is 10.1. The van der Waals surface area contributed by atoms with Crippen LogP contribution in [-0.4, -0.2) is 15.7 Å². The number of rotatable bonds is 1. The number of carbonyl (C=O) groups is 1. The van der Waals surface area contributed by atoms with E-state index in [9.17, 15) is 4.79 Å². The van der Waals surface area contributed by atoms with E-state index in [1.807, 2.05) is 0 Å². The van der Waals surface area contributed by atoms with Gasteiger partial charge in [-0.1, -0.05) is 0 Å². The van der Waals surface area contributed by atoms with Gasteiger partial charge in [0.2, 0.25) is 5.91 Å². The number of nitrogens with two attached hydrogens (primary N) is 1. The maximum Gasteiger partial charge on any atom is 0.248 e. The molecular weight excluding hydrogens is 166 g/mol. The third kappa shape index (κ3) is 1.16. The van der Waals surface area contributed by atoms with Crippen LogP contribution in [0.25, 0.3) is 10.9 Å². The van der Waals surface area contributed by atoms with Gasteiger partial charge in [0.25, 0.3) is 0 Å². The van der Waals surface area contributed by atoms with Crippen molar-refractivity contribution in [3.63, 3.8) is 0 Å². The lowest BCUT2D eigenvalue weighted by Crippen LogP contribution is -2.10. The Balaban J connectivity index is 2.72. The summed E-state index contributed by atoms with van der Waals surface area (Å²) in [6.07, 6.45) is 1.69. The topological polar surface area (TPSA) is 60.9 Å². The summed E-state index contributed by atoms with van der Waals surface area (Å²) in [4.78, 5) is 10.9. The van der Waals surface area contributed by atoms with Crippen molar-refractivity contribution in [2.75, 3.05) is 0 Å². The summed E-state index contributed by atoms with van der Waals surface area (Å²) in [5, 5.41) is 4.91. The average molecular weight is 174 g/mol. The van der Waals surface area contributed by atoms with Gasteiger partial charge < -0.3 is 5.73 Å². The van der Waals surface area contributed by atoms with E-state index in [4.69, 9.17) is 5.73 Å². The van der Waals surface area contributed by atoms with Gasteiger partial charge in [0.15, 0.2) is 0 Å². The fraction of sp³-hybridized carbons (Fsp3) is 0.111. The van der Waals surface area contributed by atoms with Crippen LogP contribution in [0, 0.1) is 6.07 Å². The molecule has 0 aliphatic carbocycles. The predicted molar refractivity (Wildman–Crippen MR) is 48.1 cm³/mol. The first-order chi connectivity index (χ1) is 6.18. The zero-order valence-corrected chi connectivity index (χ0v) is 7.11. The second-order valence-electron chi connectivity index (χ2n) is 2.82. The first-order valence-corrected chi connectivity index (χ1v) is 3.82. The molecule has 0 atom stereocenters. The Bertz CT molecular complexity index is 473. The van der Waals surface area contributed by atoms with Crippen molar-refractivity contribution < 1.29 is 4.79 Å². The van der Waals surface area contributed by atoms with Gasteiger partial charge in [0.1, 0.15) is 0 Å². The molecule has 0 aliphatic heterocycles. The Kier molecular flexibility index (Phi) is 1.55. The van der Waals surface area contributed by atoms with E-state index in [-0.39, 0.29) is 0 Å². The highest BCUT2D eigenvalue weighted by Gasteiger charge is 2.04. The van der Waals surface area contributed by atoms with Crippen LogP contribution in [0.15, 0.2) is 18.3 Å². The number of amides is 1. The van der Waals surface area contributed by atoms with Crippen LogP contribution in [-0.2, 0) is 7.05 Å². The molecular formula is C9H8N3O. The highest BCUT2D eigenvalue weighted by molar-refractivity contribution is 5.96. The van der Waals surface area contributed by atoms with E-state index >= 15 is 0 Å². The highest BCUT2D eigenvalue weighted by Crippen LogP contribution is 2.13. The molecule has 0 spiro atoms. The van der Waals surface area contributed by atoms with Crippen LogP contribution in [0.2, 0.25) is 0 Å². The molecule has 0 aliphatic rings. The summed E-state index contributed by atoms with van der Waals surface area (Å²) in [7, 11) is 1.81. The van der Waals surface area contributed by atoms with Crippen LogP contribution in [0.5, 0.6) is 0 Å². The fourth-order valence-electron chi connectivity index (χ4n) is 1.22. The Morgan fingerprint density at radius 2 is 2.46 bits per heavy atom. The first kappa shape index (κ1) is 7.79. The molecule has 13 heavy (non-hydrogen) atoms. The summed E-state index contributed by atoms with van der Waals surface area (Å²) in [5.41, 5.74) is 6.45. The molecule has 1 heterocycles. The third-order valence-electron chi connectivity index (χ3n) is 1.94. The van der Waals surface area contributed by atoms with E-state index in [1.165, 1.54) is 0 Å². The molecule has 1 radical (unpaired) electrons. The zero-order chi connectivity index (χ0) is 9.42. The summed E-state index contributed by atoms with van der Waals surface area (Å²) in [6.45, 7) is 0. The zero-order valence-electron chi connectivity index (χ0n) is 7.11. The first-order valence-electron chi connectivity index (χ1n) is 3.82. The van der Waals surface area contributed by atoms with Gasteiger partial charge >= 0.3 is 0 Å². The molecule has 1 aromatic carbocycles. The molecule has 0 fully saturated rings. The maximum atomic E-state index is 10.9. The van der Waals surface area contributed by atoms with E-state index in [1.54, 1.807) is 30.1 Å². The van der Waals surface area contributed by atoms with Gasteiger partial charge in [0.05, 0.1) is 11.7 Å². The second-order valence-corrected chi connectivity index (χ2v) is 2.82. The van der Waals surface area contributed by atoms with E-state index in [0.29, 0.717) is 5.56 Å². The normalized spacial score (nSPS) is 10.5. The molecule has 0 unspecified atom stereocenters. The van der Waals surface area contributed by atoms with Crippen molar-refractivity contribution in [2.24, 2.45) is 12.8 Å². The quantitative estimate of drug-likeness (QED) is 0.683. The van der Waals surface area contributed by atoms with Crippen molar-refractivity contribution in [1.82, 2.24) is 9.78 Å². The Morgan fingerprint density at radius 1 is 1.69 bits per heavy atom. The molecule has 4 nitrogen and oxygen atoms in total. The molecule has 0 saturated carbocycles. The second kappa shape index (κ2) is 2.58. The minimum atomic E-state index is -0.445. The molecule has 0 saturated heterocycles. The number of nitrogens with zero attached hydrogens (tertiary/aromatic N) is 2. The molecule has 1 aromatic heterocycles. The summed E-state index contributed by atoms with van der Waals surface area (Å²) in [5.74, 6) is -0.445. The molecule has 65 valence electrons. The van der Waals surface area contributed by atoms with Crippen molar-refractivity contribution in [1.29, 1.82) is 0 Å². The number of aromatic nitrogens is 2. The lowest BCUT2D eigenvalue weighted by molar-refractivity contribution is 0.100. The van der Waals surface area contributed by atoms with E-state index in [0.717, 1.165) is 10.9 Å². The average Bonchev–Trinajstić information content (AvgIpc) is 2.47. The molecule has 2 rings (SSSR count). The Labute approximate surface area is 75.0 Å². The largest absolute Gasteiger partial charge is 0.366 e. The smallest absolute Gasteiger partial charge is 0.248 e. The monoisotopic (exact) mass is 174 g/mol. The fourth-order valence-corrected chi connectivity index (χ4v) is 1.22. The molecule has 2 aromatic rings. The van der Waals surface area contributed by atoms with Crippen LogP contribution in [0.1, 0.15) is 10.4 Å². The number of hydrogen-bond donors (Lipinski definition) is 1. The molecule has 2 N–H and O–H groups in total.